The third kappa shape index (κ3) is 5.59. The molecule has 0 aliphatic rings. The summed E-state index contributed by atoms with van der Waals surface area (Å²) in [5.41, 5.74) is 5.64. The quantitative estimate of drug-likeness (QED) is 0.625. The van der Waals surface area contributed by atoms with Gasteiger partial charge in [0.2, 0.25) is 0 Å². The van der Waals surface area contributed by atoms with Gasteiger partial charge in [0.1, 0.15) is 0 Å². The van der Waals surface area contributed by atoms with Gasteiger partial charge in [0, 0.05) is 0 Å². The standard InChI is InChI=1S/C11H25N/c1-4-6-10(3)7-8-11(5-2)9-12/h10-11H,4-9,12H2,1-3H3/t10-,11-/m1/s1. The van der Waals surface area contributed by atoms with Crippen molar-refractivity contribution in [2.75, 3.05) is 6.54 Å². The van der Waals surface area contributed by atoms with Crippen molar-refractivity contribution in [2.24, 2.45) is 17.6 Å². The topological polar surface area (TPSA) is 26.0 Å². The zero-order valence-corrected chi connectivity index (χ0v) is 8.97. The molecule has 0 unspecified atom stereocenters. The van der Waals surface area contributed by atoms with E-state index in [0.29, 0.717) is 0 Å². The molecule has 0 aromatic heterocycles. The monoisotopic (exact) mass is 171 g/mol. The summed E-state index contributed by atoms with van der Waals surface area (Å²) in [7, 11) is 0. The Kier molecular flexibility index (Phi) is 7.58. The minimum atomic E-state index is 0.768. The van der Waals surface area contributed by atoms with Crippen LogP contribution in [0.4, 0.5) is 0 Å². The van der Waals surface area contributed by atoms with Gasteiger partial charge in [0.05, 0.1) is 0 Å². The molecule has 0 radical (unpaired) electrons. The Labute approximate surface area is 77.7 Å². The Hall–Kier alpha value is -0.0400. The van der Waals surface area contributed by atoms with E-state index in [9.17, 15) is 0 Å². The summed E-state index contributed by atoms with van der Waals surface area (Å²) in [6.45, 7) is 7.72. The van der Waals surface area contributed by atoms with Gasteiger partial charge < -0.3 is 5.73 Å². The second-order valence-corrected chi connectivity index (χ2v) is 3.98. The van der Waals surface area contributed by atoms with Crippen molar-refractivity contribution in [3.63, 3.8) is 0 Å². The normalized spacial score (nSPS) is 16.0. The second kappa shape index (κ2) is 7.60. The van der Waals surface area contributed by atoms with Gasteiger partial charge in [-0.05, 0) is 24.8 Å². The SMILES string of the molecule is CCC[C@@H](C)CC[C@@H](CC)CN. The van der Waals surface area contributed by atoms with Crippen LogP contribution in [0.15, 0.2) is 0 Å². The average Bonchev–Trinajstić information content (AvgIpc) is 2.07. The Morgan fingerprint density at radius 1 is 1.08 bits per heavy atom. The number of rotatable bonds is 7. The molecule has 0 saturated heterocycles. The van der Waals surface area contributed by atoms with E-state index in [1.54, 1.807) is 0 Å². The van der Waals surface area contributed by atoms with Gasteiger partial charge in [-0.2, -0.15) is 0 Å². The predicted molar refractivity (Wildman–Crippen MR) is 56.1 cm³/mol. The van der Waals surface area contributed by atoms with E-state index in [-0.39, 0.29) is 0 Å². The predicted octanol–water partition coefficient (Wildman–Crippen LogP) is 3.19. The van der Waals surface area contributed by atoms with Crippen LogP contribution in [0.1, 0.15) is 52.9 Å². The van der Waals surface area contributed by atoms with Crippen LogP contribution < -0.4 is 5.73 Å². The van der Waals surface area contributed by atoms with Crippen LogP contribution in [-0.4, -0.2) is 6.54 Å². The fourth-order valence-electron chi connectivity index (χ4n) is 1.65. The molecule has 0 amide bonds. The summed E-state index contributed by atoms with van der Waals surface area (Å²) in [6.07, 6.45) is 6.63. The van der Waals surface area contributed by atoms with Crippen molar-refractivity contribution in [3.05, 3.63) is 0 Å². The zero-order chi connectivity index (χ0) is 9.40. The zero-order valence-electron chi connectivity index (χ0n) is 8.97. The molecule has 0 rings (SSSR count). The third-order valence-electron chi connectivity index (χ3n) is 2.76. The van der Waals surface area contributed by atoms with E-state index in [0.717, 1.165) is 18.4 Å². The largest absolute Gasteiger partial charge is 0.330 e. The summed E-state index contributed by atoms with van der Waals surface area (Å²) in [5.74, 6) is 1.67. The Morgan fingerprint density at radius 3 is 2.17 bits per heavy atom. The van der Waals surface area contributed by atoms with Gasteiger partial charge in [0.25, 0.3) is 0 Å². The number of hydrogen-bond acceptors (Lipinski definition) is 1. The molecule has 0 spiro atoms. The molecule has 0 fully saturated rings. The summed E-state index contributed by atoms with van der Waals surface area (Å²) < 4.78 is 0. The van der Waals surface area contributed by atoms with Crippen molar-refractivity contribution in [2.45, 2.75) is 52.9 Å². The third-order valence-corrected chi connectivity index (χ3v) is 2.76. The van der Waals surface area contributed by atoms with Gasteiger partial charge in [-0.15, -0.1) is 0 Å². The molecule has 0 bridgehead atoms. The molecule has 1 heteroatoms. The Bertz CT molecular complexity index is 87.0. The molecule has 0 aromatic carbocycles. The fourth-order valence-corrected chi connectivity index (χ4v) is 1.65. The van der Waals surface area contributed by atoms with E-state index >= 15 is 0 Å². The molecule has 2 atom stereocenters. The van der Waals surface area contributed by atoms with Crippen LogP contribution in [0, 0.1) is 11.8 Å². The average molecular weight is 171 g/mol. The van der Waals surface area contributed by atoms with Crippen LogP contribution in [0.2, 0.25) is 0 Å². The Morgan fingerprint density at radius 2 is 1.75 bits per heavy atom. The number of hydrogen-bond donors (Lipinski definition) is 1. The smallest absolute Gasteiger partial charge is 0.00490 e. The van der Waals surface area contributed by atoms with Gasteiger partial charge in [-0.3, -0.25) is 0 Å². The van der Waals surface area contributed by atoms with E-state index in [2.05, 4.69) is 20.8 Å². The molecule has 0 aromatic rings. The first-order valence-electron chi connectivity index (χ1n) is 5.44. The maximum absolute atomic E-state index is 5.64. The van der Waals surface area contributed by atoms with Gasteiger partial charge in [-0.25, -0.2) is 0 Å². The van der Waals surface area contributed by atoms with Gasteiger partial charge in [-0.1, -0.05) is 46.5 Å². The lowest BCUT2D eigenvalue weighted by Crippen LogP contribution is -2.14. The highest BCUT2D eigenvalue weighted by Gasteiger charge is 2.06. The maximum atomic E-state index is 5.64. The minimum Gasteiger partial charge on any atom is -0.330 e. The first-order valence-corrected chi connectivity index (χ1v) is 5.44. The molecule has 74 valence electrons. The van der Waals surface area contributed by atoms with Crippen molar-refractivity contribution in [3.8, 4) is 0 Å². The van der Waals surface area contributed by atoms with E-state index < -0.39 is 0 Å². The molecule has 12 heavy (non-hydrogen) atoms. The highest BCUT2D eigenvalue weighted by Crippen LogP contribution is 2.17. The molecular weight excluding hydrogens is 146 g/mol. The highest BCUT2D eigenvalue weighted by molar-refractivity contribution is 4.60. The summed E-state index contributed by atoms with van der Waals surface area (Å²) in [6, 6.07) is 0. The highest BCUT2D eigenvalue weighted by atomic mass is 14.5. The van der Waals surface area contributed by atoms with Crippen molar-refractivity contribution >= 4 is 0 Å². The van der Waals surface area contributed by atoms with Crippen LogP contribution in [0.3, 0.4) is 0 Å². The molecule has 2 N–H and O–H groups in total. The first kappa shape index (κ1) is 12.0. The summed E-state index contributed by atoms with van der Waals surface area (Å²) >= 11 is 0. The molecule has 0 saturated carbocycles. The van der Waals surface area contributed by atoms with Crippen LogP contribution >= 0.6 is 0 Å². The summed E-state index contributed by atoms with van der Waals surface area (Å²) in [5, 5.41) is 0. The lowest BCUT2D eigenvalue weighted by molar-refractivity contribution is 0.390. The first-order chi connectivity index (χ1) is 5.74. The van der Waals surface area contributed by atoms with Gasteiger partial charge in [0.15, 0.2) is 0 Å². The molecule has 1 nitrogen and oxygen atoms in total. The summed E-state index contributed by atoms with van der Waals surface area (Å²) in [4.78, 5) is 0. The van der Waals surface area contributed by atoms with Crippen molar-refractivity contribution < 1.29 is 0 Å². The van der Waals surface area contributed by atoms with Crippen molar-refractivity contribution in [1.82, 2.24) is 0 Å². The number of nitrogens with two attached hydrogens (primary N) is 1. The van der Waals surface area contributed by atoms with Crippen LogP contribution in [0.5, 0.6) is 0 Å². The second-order valence-electron chi connectivity index (χ2n) is 3.98. The lowest BCUT2D eigenvalue weighted by Gasteiger charge is -2.15. The van der Waals surface area contributed by atoms with Crippen molar-refractivity contribution in [1.29, 1.82) is 0 Å². The molecule has 0 heterocycles. The fraction of sp³-hybridized carbons (Fsp3) is 1.00. The molecule has 0 aliphatic carbocycles. The maximum Gasteiger partial charge on any atom is -0.00490 e. The van der Waals surface area contributed by atoms with Crippen LogP contribution in [0.25, 0.3) is 0 Å². The van der Waals surface area contributed by atoms with Crippen LogP contribution in [-0.2, 0) is 0 Å². The molecule has 0 aliphatic heterocycles. The van der Waals surface area contributed by atoms with E-state index in [4.69, 9.17) is 5.73 Å². The Balaban J connectivity index is 3.37. The molecular formula is C11H25N. The van der Waals surface area contributed by atoms with E-state index in [1.165, 1.54) is 32.1 Å². The minimum absolute atomic E-state index is 0.768. The lowest BCUT2D eigenvalue weighted by atomic mass is 9.93. The van der Waals surface area contributed by atoms with Gasteiger partial charge >= 0.3 is 0 Å². The van der Waals surface area contributed by atoms with E-state index in [1.807, 2.05) is 0 Å².